The van der Waals surface area contributed by atoms with Crippen molar-refractivity contribution in [2.24, 2.45) is 5.92 Å². The molecule has 1 N–H and O–H groups in total. The Hall–Kier alpha value is -1.67. The first-order valence-electron chi connectivity index (χ1n) is 5.49. The minimum Gasteiger partial charge on any atom is -0.324 e. The van der Waals surface area contributed by atoms with Crippen LogP contribution in [0.15, 0.2) is 0 Å². The van der Waals surface area contributed by atoms with Crippen LogP contribution in [0.5, 0.6) is 0 Å². The van der Waals surface area contributed by atoms with E-state index in [0.29, 0.717) is 0 Å². The number of H-pyrrole nitrogens is 1. The number of aromatic nitrogens is 4. The van der Waals surface area contributed by atoms with Gasteiger partial charge in [-0.2, -0.15) is 18.4 Å². The Bertz CT molecular complexity index is 414. The van der Waals surface area contributed by atoms with Crippen molar-refractivity contribution in [2.45, 2.75) is 32.0 Å². The van der Waals surface area contributed by atoms with Crippen LogP contribution in [0.25, 0.3) is 0 Å². The fourth-order valence-electron chi connectivity index (χ4n) is 1.81. The normalized spacial score (nSPS) is 17.6. The van der Waals surface area contributed by atoms with E-state index in [1.165, 1.54) is 0 Å². The van der Waals surface area contributed by atoms with Crippen molar-refractivity contribution in [1.82, 2.24) is 25.5 Å². The number of rotatable bonds is 4. The third kappa shape index (κ3) is 2.96. The number of halogens is 3. The molecule has 1 unspecified atom stereocenters. The number of alkyl halides is 3. The largest absolute Gasteiger partial charge is 0.406 e. The van der Waals surface area contributed by atoms with Gasteiger partial charge in [-0.05, 0) is 30.9 Å². The molecular formula is C9H12F3N5O. The molecule has 2 rings (SSSR count). The molecule has 100 valence electrons. The maximum absolute atomic E-state index is 12.5. The summed E-state index contributed by atoms with van der Waals surface area (Å²) >= 11 is 0. The van der Waals surface area contributed by atoms with Crippen LogP contribution in [0.1, 0.15) is 30.4 Å². The molecule has 0 saturated heterocycles. The number of hydrogen-bond donors (Lipinski definition) is 1. The average molecular weight is 263 g/mol. The Kier molecular flexibility index (Phi) is 3.22. The highest BCUT2D eigenvalue weighted by Crippen LogP contribution is 2.36. The fraction of sp³-hybridized carbons (Fsp3) is 0.778. The number of nitrogens with one attached hydrogen (secondary N) is 1. The van der Waals surface area contributed by atoms with Crippen molar-refractivity contribution in [3.63, 3.8) is 0 Å². The zero-order valence-electron chi connectivity index (χ0n) is 9.61. The number of amides is 1. The van der Waals surface area contributed by atoms with Gasteiger partial charge in [0.25, 0.3) is 11.7 Å². The van der Waals surface area contributed by atoms with Gasteiger partial charge in [-0.1, -0.05) is 0 Å². The summed E-state index contributed by atoms with van der Waals surface area (Å²) in [5, 5.41) is 12.1. The van der Waals surface area contributed by atoms with Gasteiger partial charge in [-0.15, -0.1) is 10.2 Å². The molecule has 1 amide bonds. The summed E-state index contributed by atoms with van der Waals surface area (Å²) in [7, 11) is 0. The van der Waals surface area contributed by atoms with E-state index in [-0.39, 0.29) is 11.7 Å². The first-order valence-corrected chi connectivity index (χ1v) is 5.49. The molecule has 1 atom stereocenters. The second-order valence-electron chi connectivity index (χ2n) is 4.36. The maximum Gasteiger partial charge on any atom is 0.406 e. The van der Waals surface area contributed by atoms with E-state index in [9.17, 15) is 18.0 Å². The van der Waals surface area contributed by atoms with Crippen LogP contribution in [0.2, 0.25) is 0 Å². The van der Waals surface area contributed by atoms with Crippen molar-refractivity contribution < 1.29 is 18.0 Å². The Morgan fingerprint density at radius 2 is 2.22 bits per heavy atom. The average Bonchev–Trinajstić information content (AvgIpc) is 2.98. The smallest absolute Gasteiger partial charge is 0.324 e. The number of aromatic amines is 1. The molecule has 6 nitrogen and oxygen atoms in total. The molecule has 9 heteroatoms. The van der Waals surface area contributed by atoms with E-state index in [1.54, 1.807) is 6.92 Å². The van der Waals surface area contributed by atoms with E-state index in [4.69, 9.17) is 0 Å². The summed E-state index contributed by atoms with van der Waals surface area (Å²) in [4.78, 5) is 12.7. The van der Waals surface area contributed by atoms with Gasteiger partial charge in [-0.25, -0.2) is 0 Å². The molecule has 1 aromatic heterocycles. The van der Waals surface area contributed by atoms with Crippen LogP contribution >= 0.6 is 0 Å². The lowest BCUT2D eigenvalue weighted by atomic mass is 10.1. The minimum absolute atomic E-state index is 0.128. The molecule has 0 bridgehead atoms. The molecule has 1 heterocycles. The summed E-state index contributed by atoms with van der Waals surface area (Å²) in [5.41, 5.74) is 0. The summed E-state index contributed by atoms with van der Waals surface area (Å²) in [6.07, 6.45) is -2.76. The topological polar surface area (TPSA) is 74.8 Å². The summed E-state index contributed by atoms with van der Waals surface area (Å²) in [5.74, 6) is -1.06. The lowest BCUT2D eigenvalue weighted by molar-refractivity contribution is -0.144. The van der Waals surface area contributed by atoms with Gasteiger partial charge in [-0.3, -0.25) is 4.79 Å². The molecule has 1 aliphatic carbocycles. The quantitative estimate of drug-likeness (QED) is 0.879. The van der Waals surface area contributed by atoms with Crippen LogP contribution in [0.3, 0.4) is 0 Å². The molecule has 0 aliphatic heterocycles. The molecule has 1 fully saturated rings. The van der Waals surface area contributed by atoms with Gasteiger partial charge >= 0.3 is 6.18 Å². The first-order chi connectivity index (χ1) is 8.38. The van der Waals surface area contributed by atoms with Gasteiger partial charge < -0.3 is 4.90 Å². The molecular weight excluding hydrogens is 251 g/mol. The molecule has 0 spiro atoms. The van der Waals surface area contributed by atoms with Gasteiger partial charge in [0.15, 0.2) is 0 Å². The number of carbonyl (C=O) groups excluding carboxylic acids is 1. The van der Waals surface area contributed by atoms with Crippen LogP contribution < -0.4 is 0 Å². The highest BCUT2D eigenvalue weighted by molar-refractivity contribution is 5.90. The number of tetrazole rings is 1. The lowest BCUT2D eigenvalue weighted by Crippen LogP contribution is -2.45. The van der Waals surface area contributed by atoms with E-state index < -0.39 is 24.7 Å². The fourth-order valence-corrected chi connectivity index (χ4v) is 1.81. The zero-order chi connectivity index (χ0) is 13.3. The third-order valence-electron chi connectivity index (χ3n) is 2.94. The number of carbonyl (C=O) groups is 1. The van der Waals surface area contributed by atoms with Crippen LogP contribution in [0, 0.1) is 5.92 Å². The van der Waals surface area contributed by atoms with Crippen molar-refractivity contribution in [1.29, 1.82) is 0 Å². The second kappa shape index (κ2) is 4.54. The molecule has 1 saturated carbocycles. The predicted molar refractivity (Wildman–Crippen MR) is 53.5 cm³/mol. The van der Waals surface area contributed by atoms with Crippen LogP contribution in [0.4, 0.5) is 13.2 Å². The van der Waals surface area contributed by atoms with Crippen LogP contribution in [-0.4, -0.2) is 50.2 Å². The van der Waals surface area contributed by atoms with E-state index in [1.807, 2.05) is 0 Å². The molecule has 0 aromatic carbocycles. The monoisotopic (exact) mass is 263 g/mol. The van der Waals surface area contributed by atoms with Crippen molar-refractivity contribution in [2.75, 3.05) is 6.54 Å². The standard InChI is InChI=1S/C9H12F3N5O/c1-5(6-2-3-6)17(4-9(10,11)12)8(18)7-13-15-16-14-7/h5-6H,2-4H2,1H3,(H,13,14,15,16). The summed E-state index contributed by atoms with van der Waals surface area (Å²) in [6, 6.07) is -0.474. The number of hydrogen-bond acceptors (Lipinski definition) is 4. The lowest BCUT2D eigenvalue weighted by Gasteiger charge is -2.29. The summed E-state index contributed by atoms with van der Waals surface area (Å²) < 4.78 is 37.5. The molecule has 0 radical (unpaired) electrons. The maximum atomic E-state index is 12.5. The van der Waals surface area contributed by atoms with Crippen LogP contribution in [-0.2, 0) is 0 Å². The van der Waals surface area contributed by atoms with Gasteiger partial charge in [0.05, 0.1) is 0 Å². The highest BCUT2D eigenvalue weighted by Gasteiger charge is 2.41. The number of nitrogens with zero attached hydrogens (tertiary/aromatic N) is 4. The Morgan fingerprint density at radius 3 is 2.67 bits per heavy atom. The predicted octanol–water partition coefficient (Wildman–Crippen LogP) is 1.00. The minimum atomic E-state index is -4.44. The molecule has 1 aliphatic rings. The zero-order valence-corrected chi connectivity index (χ0v) is 9.61. The van der Waals surface area contributed by atoms with Crippen molar-refractivity contribution >= 4 is 5.91 Å². The third-order valence-corrected chi connectivity index (χ3v) is 2.94. The van der Waals surface area contributed by atoms with E-state index in [0.717, 1.165) is 17.7 Å². The van der Waals surface area contributed by atoms with Gasteiger partial charge in [0.2, 0.25) is 0 Å². The van der Waals surface area contributed by atoms with Crippen molar-refractivity contribution in [3.05, 3.63) is 5.82 Å². The van der Waals surface area contributed by atoms with Gasteiger partial charge in [0.1, 0.15) is 6.54 Å². The van der Waals surface area contributed by atoms with E-state index in [2.05, 4.69) is 20.6 Å². The molecule has 18 heavy (non-hydrogen) atoms. The van der Waals surface area contributed by atoms with Crippen molar-refractivity contribution in [3.8, 4) is 0 Å². The Labute approximate surface area is 101 Å². The Balaban J connectivity index is 2.15. The summed E-state index contributed by atoms with van der Waals surface area (Å²) in [6.45, 7) is 0.319. The van der Waals surface area contributed by atoms with Gasteiger partial charge in [0, 0.05) is 6.04 Å². The molecule has 1 aromatic rings. The SMILES string of the molecule is CC(C1CC1)N(CC(F)(F)F)C(=O)c1nn[nH]n1. The highest BCUT2D eigenvalue weighted by atomic mass is 19.4. The van der Waals surface area contributed by atoms with E-state index >= 15 is 0 Å². The second-order valence-corrected chi connectivity index (χ2v) is 4.36. The Morgan fingerprint density at radius 1 is 1.56 bits per heavy atom. The first kappa shape index (κ1) is 12.8.